The minimum Gasteiger partial charge on any atom is -0.479 e. The van der Waals surface area contributed by atoms with E-state index >= 15 is 0 Å². The molecule has 0 aliphatic rings. The minimum atomic E-state index is -0.408. The molecule has 192 valence electrons. The maximum atomic E-state index is 12.3. The predicted molar refractivity (Wildman–Crippen MR) is 154 cm³/mol. The van der Waals surface area contributed by atoms with Gasteiger partial charge in [-0.25, -0.2) is 9.59 Å². The van der Waals surface area contributed by atoms with Gasteiger partial charge in [0, 0.05) is 9.79 Å². The lowest BCUT2D eigenvalue weighted by molar-refractivity contribution is 0.0516. The van der Waals surface area contributed by atoms with Crippen LogP contribution in [0.25, 0.3) is 12.2 Å². The van der Waals surface area contributed by atoms with Crippen LogP contribution in [0.3, 0.4) is 0 Å². The van der Waals surface area contributed by atoms with E-state index in [1.165, 1.54) is 23.5 Å². The predicted octanol–water partition coefficient (Wildman–Crippen LogP) is 7.04. The van der Waals surface area contributed by atoms with E-state index in [2.05, 4.69) is 0 Å². The smallest absolute Gasteiger partial charge is 0.338 e. The van der Waals surface area contributed by atoms with Gasteiger partial charge in [-0.1, -0.05) is 24.3 Å². The van der Waals surface area contributed by atoms with Gasteiger partial charge in [0.15, 0.2) is 0 Å². The molecule has 0 saturated carbocycles. The van der Waals surface area contributed by atoms with E-state index < -0.39 is 11.9 Å². The normalized spacial score (nSPS) is 10.7. The molecule has 0 bridgehead atoms. The number of benzene rings is 2. The molecule has 0 atom stereocenters. The fraction of sp³-hybridized carbons (Fsp3) is 0.308. The van der Waals surface area contributed by atoms with E-state index in [1.807, 2.05) is 38.1 Å². The van der Waals surface area contributed by atoms with Crippen molar-refractivity contribution in [3.05, 3.63) is 58.7 Å². The third kappa shape index (κ3) is 9.24. The van der Waals surface area contributed by atoms with Gasteiger partial charge >= 0.3 is 11.9 Å². The lowest BCUT2D eigenvalue weighted by Crippen LogP contribution is -2.05. The summed E-state index contributed by atoms with van der Waals surface area (Å²) < 4.78 is 21.8. The van der Waals surface area contributed by atoms with Gasteiger partial charge < -0.3 is 18.9 Å². The average molecular weight is 565 g/mol. The minimum absolute atomic E-state index is 0.284. The zero-order chi connectivity index (χ0) is 26.5. The van der Waals surface area contributed by atoms with Crippen molar-refractivity contribution in [3.63, 3.8) is 0 Å². The maximum absolute atomic E-state index is 12.3. The van der Waals surface area contributed by atoms with Crippen LogP contribution in [0.5, 0.6) is 0 Å². The Bertz CT molecular complexity index is 1040. The number of hydrogen-bond donors (Lipinski definition) is 0. The number of carbonyl (C=O) groups excluding carboxylic acids is 2. The van der Waals surface area contributed by atoms with E-state index in [4.69, 9.17) is 43.4 Å². The molecule has 0 radical (unpaired) electrons. The number of esters is 2. The highest BCUT2D eigenvalue weighted by atomic mass is 32.2. The van der Waals surface area contributed by atoms with Gasteiger partial charge in [0.05, 0.1) is 37.6 Å². The van der Waals surface area contributed by atoms with Crippen LogP contribution >= 0.6 is 48.0 Å². The van der Waals surface area contributed by atoms with E-state index in [-0.39, 0.29) is 13.2 Å². The largest absolute Gasteiger partial charge is 0.479 e. The van der Waals surface area contributed by atoms with Crippen molar-refractivity contribution < 1.29 is 28.5 Å². The second kappa shape index (κ2) is 15.7. The first-order chi connectivity index (χ1) is 17.3. The number of rotatable bonds is 10. The van der Waals surface area contributed by atoms with Crippen LogP contribution in [0, 0.1) is 0 Å². The standard InChI is InChI=1S/C26H28O6S4/c1-5-29-23(27)19-13-11-17(21(15-19)35-25(33)31-7-3)9-10-18-12-14-20(24(28)30-6-2)16-22(18)36-26(34)32-8-4/h9-16H,5-8H2,1-4H3/b10-9+. The zero-order valence-corrected chi connectivity index (χ0v) is 23.8. The molecular formula is C26H28O6S4. The topological polar surface area (TPSA) is 71.1 Å². The highest BCUT2D eigenvalue weighted by molar-refractivity contribution is 8.23. The summed E-state index contributed by atoms with van der Waals surface area (Å²) >= 11 is 13.1. The first-order valence-electron chi connectivity index (χ1n) is 11.3. The Labute approximate surface area is 231 Å². The summed E-state index contributed by atoms with van der Waals surface area (Å²) in [4.78, 5) is 26.0. The number of thiocarbonyl (C=S) groups is 2. The SMILES string of the molecule is CCOC(=O)c1ccc(/C=C/c2ccc(C(=O)OCC)cc2SC(=S)OCC)c(SC(=S)OCC)c1. The van der Waals surface area contributed by atoms with Crippen LogP contribution in [0.1, 0.15) is 59.5 Å². The molecule has 0 spiro atoms. The van der Waals surface area contributed by atoms with Crippen molar-refractivity contribution in [2.24, 2.45) is 0 Å². The van der Waals surface area contributed by atoms with E-state index in [0.29, 0.717) is 33.1 Å². The van der Waals surface area contributed by atoms with Gasteiger partial charge in [0.1, 0.15) is 0 Å². The summed E-state index contributed by atoms with van der Waals surface area (Å²) in [7, 11) is 0. The average Bonchev–Trinajstić information content (AvgIpc) is 2.84. The molecule has 10 heteroatoms. The van der Waals surface area contributed by atoms with Gasteiger partial charge in [0.2, 0.25) is 8.77 Å². The lowest BCUT2D eigenvalue weighted by atomic mass is 10.1. The van der Waals surface area contributed by atoms with Crippen molar-refractivity contribution in [1.29, 1.82) is 0 Å². The Morgan fingerprint density at radius 3 is 1.36 bits per heavy atom. The first-order valence-corrected chi connectivity index (χ1v) is 13.8. The number of thioether (sulfide) groups is 2. The zero-order valence-electron chi connectivity index (χ0n) is 20.5. The molecule has 2 aromatic carbocycles. The van der Waals surface area contributed by atoms with Gasteiger partial charge in [-0.05, 0) is 111 Å². The molecule has 0 fully saturated rings. The summed E-state index contributed by atoms with van der Waals surface area (Å²) in [5.74, 6) is -0.815. The Morgan fingerprint density at radius 2 is 1.03 bits per heavy atom. The monoisotopic (exact) mass is 564 g/mol. The molecule has 0 heterocycles. The summed E-state index contributed by atoms with van der Waals surface area (Å²) in [6, 6.07) is 10.5. The van der Waals surface area contributed by atoms with E-state index in [9.17, 15) is 9.59 Å². The molecular weight excluding hydrogens is 537 g/mol. The molecule has 2 aromatic rings. The molecule has 0 aromatic heterocycles. The Balaban J connectivity index is 2.46. The molecule has 6 nitrogen and oxygen atoms in total. The second-order valence-electron chi connectivity index (χ2n) is 6.85. The molecule has 0 aliphatic heterocycles. The van der Waals surface area contributed by atoms with Gasteiger partial charge in [-0.15, -0.1) is 0 Å². The van der Waals surface area contributed by atoms with Gasteiger partial charge in [0.25, 0.3) is 0 Å². The molecule has 0 aliphatic carbocycles. The maximum Gasteiger partial charge on any atom is 0.338 e. The third-order valence-corrected chi connectivity index (χ3v) is 6.85. The fourth-order valence-electron chi connectivity index (χ4n) is 2.86. The summed E-state index contributed by atoms with van der Waals surface area (Å²) in [6.07, 6.45) is 3.80. The van der Waals surface area contributed by atoms with E-state index in [1.54, 1.807) is 38.1 Å². The van der Waals surface area contributed by atoms with Crippen molar-refractivity contribution in [3.8, 4) is 0 Å². The molecule has 2 rings (SSSR count). The summed E-state index contributed by atoms with van der Waals surface area (Å²) in [6.45, 7) is 8.69. The van der Waals surface area contributed by atoms with Crippen molar-refractivity contribution >= 4 is 80.8 Å². The van der Waals surface area contributed by atoms with Crippen molar-refractivity contribution in [1.82, 2.24) is 0 Å². The Kier molecular flexibility index (Phi) is 13.0. The number of carbonyl (C=O) groups is 2. The lowest BCUT2D eigenvalue weighted by Gasteiger charge is -2.11. The second-order valence-corrected chi connectivity index (χ2v) is 10.1. The Hall–Kier alpha value is -2.40. The van der Waals surface area contributed by atoms with Crippen molar-refractivity contribution in [2.75, 3.05) is 26.4 Å². The summed E-state index contributed by atoms with van der Waals surface area (Å²) in [5, 5.41) is 0. The van der Waals surface area contributed by atoms with Crippen LogP contribution in [0.15, 0.2) is 46.2 Å². The molecule has 0 N–H and O–H groups in total. The van der Waals surface area contributed by atoms with Crippen LogP contribution in [0.4, 0.5) is 0 Å². The number of hydrogen-bond acceptors (Lipinski definition) is 10. The van der Waals surface area contributed by atoms with Crippen molar-refractivity contribution in [2.45, 2.75) is 37.5 Å². The van der Waals surface area contributed by atoms with Crippen LogP contribution < -0.4 is 0 Å². The molecule has 0 amide bonds. The van der Waals surface area contributed by atoms with Crippen LogP contribution in [0.2, 0.25) is 0 Å². The highest BCUT2D eigenvalue weighted by Crippen LogP contribution is 2.31. The molecule has 0 unspecified atom stereocenters. The van der Waals surface area contributed by atoms with Gasteiger partial charge in [-0.3, -0.25) is 0 Å². The summed E-state index contributed by atoms with van der Waals surface area (Å²) in [5.41, 5.74) is 2.50. The quantitative estimate of drug-likeness (QED) is 0.130. The van der Waals surface area contributed by atoms with E-state index in [0.717, 1.165) is 20.9 Å². The van der Waals surface area contributed by atoms with Crippen LogP contribution in [-0.4, -0.2) is 47.1 Å². The number of ether oxygens (including phenoxy) is 4. The first kappa shape index (κ1) is 29.8. The highest BCUT2D eigenvalue weighted by Gasteiger charge is 2.14. The van der Waals surface area contributed by atoms with Crippen LogP contribution in [-0.2, 0) is 18.9 Å². The Morgan fingerprint density at radius 1 is 0.667 bits per heavy atom. The molecule has 36 heavy (non-hydrogen) atoms. The third-order valence-electron chi connectivity index (χ3n) is 4.40. The molecule has 0 saturated heterocycles. The fourth-order valence-corrected chi connectivity index (χ4v) is 5.22. The van der Waals surface area contributed by atoms with Gasteiger partial charge in [-0.2, -0.15) is 0 Å².